The van der Waals surface area contributed by atoms with E-state index in [-0.39, 0.29) is 0 Å². The Bertz CT molecular complexity index is 988. The summed E-state index contributed by atoms with van der Waals surface area (Å²) >= 11 is 7.65. The first-order valence-electron chi connectivity index (χ1n) is 7.89. The van der Waals surface area contributed by atoms with Gasteiger partial charge < -0.3 is 4.42 Å². The highest BCUT2D eigenvalue weighted by atomic mass is 35.5. The molecule has 0 fully saturated rings. The number of aromatic nitrogens is 5. The Morgan fingerprint density at radius 3 is 2.85 bits per heavy atom. The molecule has 0 saturated heterocycles. The monoisotopic (exact) mass is 383 g/mol. The van der Waals surface area contributed by atoms with Gasteiger partial charge in [0.05, 0.1) is 19.0 Å². The standard InChI is InChI=1S/C18H14ClN5OS/c19-14-4-1-3-13(9-14)12-26-18-23-22-17(16-10-20-6-7-21-16)24(18)11-15-5-2-8-25-15/h1-10H,11-12H2. The molecule has 3 aromatic heterocycles. The van der Waals surface area contributed by atoms with Gasteiger partial charge in [0.15, 0.2) is 11.0 Å². The molecule has 0 radical (unpaired) electrons. The summed E-state index contributed by atoms with van der Waals surface area (Å²) in [6.07, 6.45) is 6.60. The molecule has 3 heterocycles. The van der Waals surface area contributed by atoms with Crippen LogP contribution < -0.4 is 0 Å². The molecular formula is C18H14ClN5OS. The maximum atomic E-state index is 6.07. The smallest absolute Gasteiger partial charge is 0.192 e. The van der Waals surface area contributed by atoms with Crippen LogP contribution in [0.4, 0.5) is 0 Å². The van der Waals surface area contributed by atoms with Gasteiger partial charge in [0, 0.05) is 23.2 Å². The van der Waals surface area contributed by atoms with E-state index in [9.17, 15) is 0 Å². The topological polar surface area (TPSA) is 69.6 Å². The molecule has 8 heteroatoms. The van der Waals surface area contributed by atoms with Crippen LogP contribution >= 0.6 is 23.4 Å². The fourth-order valence-electron chi connectivity index (χ4n) is 2.48. The van der Waals surface area contributed by atoms with E-state index < -0.39 is 0 Å². The third kappa shape index (κ3) is 3.79. The third-order valence-electron chi connectivity index (χ3n) is 3.66. The van der Waals surface area contributed by atoms with Crippen LogP contribution in [0.15, 0.2) is 70.8 Å². The van der Waals surface area contributed by atoms with Crippen LogP contribution in [0.3, 0.4) is 0 Å². The zero-order valence-electron chi connectivity index (χ0n) is 13.6. The molecule has 0 atom stereocenters. The summed E-state index contributed by atoms with van der Waals surface area (Å²) in [5.74, 6) is 2.21. The molecule has 0 N–H and O–H groups in total. The molecule has 0 saturated carbocycles. The van der Waals surface area contributed by atoms with Gasteiger partial charge in [0.2, 0.25) is 0 Å². The molecule has 6 nitrogen and oxygen atoms in total. The highest BCUT2D eigenvalue weighted by Gasteiger charge is 2.17. The summed E-state index contributed by atoms with van der Waals surface area (Å²) in [7, 11) is 0. The Hall–Kier alpha value is -2.64. The van der Waals surface area contributed by atoms with Gasteiger partial charge in [-0.3, -0.25) is 9.55 Å². The summed E-state index contributed by atoms with van der Waals surface area (Å²) in [6.45, 7) is 0.518. The minimum absolute atomic E-state index is 0.518. The van der Waals surface area contributed by atoms with E-state index in [0.717, 1.165) is 27.3 Å². The fourth-order valence-corrected chi connectivity index (χ4v) is 3.57. The second-order valence-electron chi connectivity index (χ2n) is 5.48. The summed E-state index contributed by atoms with van der Waals surface area (Å²) < 4.78 is 7.48. The first-order chi connectivity index (χ1) is 12.8. The highest BCUT2D eigenvalue weighted by Crippen LogP contribution is 2.27. The number of nitrogens with zero attached hydrogens (tertiary/aromatic N) is 5. The van der Waals surface area contributed by atoms with Gasteiger partial charge in [-0.15, -0.1) is 10.2 Å². The molecule has 0 spiro atoms. The maximum Gasteiger partial charge on any atom is 0.192 e. The molecule has 0 aliphatic carbocycles. The minimum atomic E-state index is 0.518. The SMILES string of the molecule is Clc1cccc(CSc2nnc(-c3cnccn3)n2Cc2ccco2)c1. The van der Waals surface area contributed by atoms with Crippen LogP contribution in [0, 0.1) is 0 Å². The fraction of sp³-hybridized carbons (Fsp3) is 0.111. The second-order valence-corrected chi connectivity index (χ2v) is 6.86. The quantitative estimate of drug-likeness (QED) is 0.462. The first kappa shape index (κ1) is 16.8. The van der Waals surface area contributed by atoms with E-state index in [2.05, 4.69) is 20.2 Å². The van der Waals surface area contributed by atoms with Crippen molar-refractivity contribution in [3.05, 3.63) is 77.6 Å². The molecule has 26 heavy (non-hydrogen) atoms. The molecule has 0 aliphatic heterocycles. The van der Waals surface area contributed by atoms with Crippen molar-refractivity contribution in [3.8, 4) is 11.5 Å². The van der Waals surface area contributed by atoms with Gasteiger partial charge in [-0.05, 0) is 29.8 Å². The van der Waals surface area contributed by atoms with Crippen molar-refractivity contribution in [1.82, 2.24) is 24.7 Å². The van der Waals surface area contributed by atoms with Gasteiger partial charge >= 0.3 is 0 Å². The average molecular weight is 384 g/mol. The summed E-state index contributed by atoms with van der Waals surface area (Å²) in [4.78, 5) is 8.46. The molecule has 0 aliphatic rings. The van der Waals surface area contributed by atoms with Crippen molar-refractivity contribution in [1.29, 1.82) is 0 Å². The number of halogens is 1. The van der Waals surface area contributed by atoms with Crippen molar-refractivity contribution in [2.24, 2.45) is 0 Å². The van der Waals surface area contributed by atoms with Crippen molar-refractivity contribution in [3.63, 3.8) is 0 Å². The van der Waals surface area contributed by atoms with Gasteiger partial charge in [-0.25, -0.2) is 4.98 Å². The molecule has 1 aromatic carbocycles. The number of benzene rings is 1. The molecule has 0 bridgehead atoms. The molecule has 130 valence electrons. The number of rotatable bonds is 6. The van der Waals surface area contributed by atoms with Crippen LogP contribution in [-0.2, 0) is 12.3 Å². The van der Waals surface area contributed by atoms with Gasteiger partial charge in [0.1, 0.15) is 11.5 Å². The minimum Gasteiger partial charge on any atom is -0.467 e. The predicted molar refractivity (Wildman–Crippen MR) is 99.9 cm³/mol. The molecular weight excluding hydrogens is 370 g/mol. The second kappa shape index (κ2) is 7.72. The van der Waals surface area contributed by atoms with Crippen molar-refractivity contribution >= 4 is 23.4 Å². The number of hydrogen-bond donors (Lipinski definition) is 0. The van der Waals surface area contributed by atoms with Crippen LogP contribution in [0.25, 0.3) is 11.5 Å². The largest absolute Gasteiger partial charge is 0.467 e. The third-order valence-corrected chi connectivity index (χ3v) is 4.93. The Morgan fingerprint density at radius 1 is 1.12 bits per heavy atom. The van der Waals surface area contributed by atoms with E-state index in [1.54, 1.807) is 36.6 Å². The lowest BCUT2D eigenvalue weighted by Gasteiger charge is -2.08. The Balaban J connectivity index is 1.64. The van der Waals surface area contributed by atoms with Gasteiger partial charge in [-0.2, -0.15) is 0 Å². The number of hydrogen-bond acceptors (Lipinski definition) is 6. The zero-order valence-corrected chi connectivity index (χ0v) is 15.2. The lowest BCUT2D eigenvalue weighted by molar-refractivity contribution is 0.485. The van der Waals surface area contributed by atoms with E-state index in [1.807, 2.05) is 41.0 Å². The summed E-state index contributed by atoms with van der Waals surface area (Å²) in [5.41, 5.74) is 1.79. The van der Waals surface area contributed by atoms with Crippen LogP contribution in [0.5, 0.6) is 0 Å². The zero-order chi connectivity index (χ0) is 17.8. The van der Waals surface area contributed by atoms with Crippen LogP contribution in [-0.4, -0.2) is 24.7 Å². The molecule has 0 unspecified atom stereocenters. The first-order valence-corrected chi connectivity index (χ1v) is 9.25. The average Bonchev–Trinajstić information content (AvgIpc) is 3.31. The van der Waals surface area contributed by atoms with Crippen LogP contribution in [0.1, 0.15) is 11.3 Å². The van der Waals surface area contributed by atoms with E-state index in [4.69, 9.17) is 16.0 Å². The molecule has 0 amide bonds. The summed E-state index contributed by atoms with van der Waals surface area (Å²) in [6, 6.07) is 11.6. The van der Waals surface area contributed by atoms with E-state index in [0.29, 0.717) is 18.1 Å². The van der Waals surface area contributed by atoms with E-state index >= 15 is 0 Å². The molecule has 4 rings (SSSR count). The van der Waals surface area contributed by atoms with Gasteiger partial charge in [0.25, 0.3) is 0 Å². The Labute approximate surface area is 159 Å². The maximum absolute atomic E-state index is 6.07. The van der Waals surface area contributed by atoms with Crippen molar-refractivity contribution in [2.75, 3.05) is 0 Å². The molecule has 4 aromatic rings. The number of thioether (sulfide) groups is 1. The van der Waals surface area contributed by atoms with Crippen LogP contribution in [0.2, 0.25) is 5.02 Å². The lowest BCUT2D eigenvalue weighted by Crippen LogP contribution is -2.04. The predicted octanol–water partition coefficient (Wildman–Crippen LogP) is 4.32. The van der Waals surface area contributed by atoms with Crippen molar-refractivity contribution in [2.45, 2.75) is 17.5 Å². The Morgan fingerprint density at radius 2 is 2.08 bits per heavy atom. The van der Waals surface area contributed by atoms with E-state index in [1.165, 1.54) is 0 Å². The highest BCUT2D eigenvalue weighted by molar-refractivity contribution is 7.98. The van der Waals surface area contributed by atoms with Crippen molar-refractivity contribution < 1.29 is 4.42 Å². The lowest BCUT2D eigenvalue weighted by atomic mass is 10.2. The normalized spacial score (nSPS) is 11.0. The summed E-state index contributed by atoms with van der Waals surface area (Å²) in [5, 5.41) is 10.2. The number of furan rings is 1. The Kier molecular flexibility index (Phi) is 4.99. The van der Waals surface area contributed by atoms with Gasteiger partial charge in [-0.1, -0.05) is 35.5 Å².